The highest BCUT2D eigenvalue weighted by molar-refractivity contribution is 6.26. The molecule has 4 heteroatoms. The largest absolute Gasteiger partial charge is 0.420 e. The third kappa shape index (κ3) is 7.00. The summed E-state index contributed by atoms with van der Waals surface area (Å²) in [5.41, 5.74) is 2.35. The summed E-state index contributed by atoms with van der Waals surface area (Å²) in [5, 5.41) is 0. The molecule has 1 rings (SSSR count). The Kier molecular flexibility index (Phi) is 9.24. The quantitative estimate of drug-likeness (QED) is 0.356. The van der Waals surface area contributed by atoms with Crippen LogP contribution in [0.1, 0.15) is 31.4 Å². The number of rotatable bonds is 11. The Labute approximate surface area is 124 Å². The van der Waals surface area contributed by atoms with E-state index < -0.39 is 9.76 Å². The molecule has 0 saturated carbocycles. The second-order valence-electron chi connectivity index (χ2n) is 4.48. The van der Waals surface area contributed by atoms with Crippen LogP contribution in [0.2, 0.25) is 6.04 Å². The van der Waals surface area contributed by atoms with Crippen molar-refractivity contribution in [3.05, 3.63) is 42.0 Å². The van der Waals surface area contributed by atoms with Crippen molar-refractivity contribution in [1.82, 2.24) is 0 Å². The predicted octanol–water partition coefficient (Wildman–Crippen LogP) is 3.14. The summed E-state index contributed by atoms with van der Waals surface area (Å²) in [5.74, 6) is 0. The van der Waals surface area contributed by atoms with Crippen LogP contribution in [-0.4, -0.2) is 29.3 Å². The van der Waals surface area contributed by atoms with Gasteiger partial charge in [-0.1, -0.05) is 30.9 Å². The van der Waals surface area contributed by atoms with Gasteiger partial charge in [-0.2, -0.15) is 0 Å². The van der Waals surface area contributed by atoms with Crippen LogP contribution >= 0.6 is 0 Å². The first-order valence-electron chi connectivity index (χ1n) is 7.32. The van der Waals surface area contributed by atoms with Crippen molar-refractivity contribution in [3.8, 4) is 0 Å². The Hall–Kier alpha value is -0.943. The van der Waals surface area contributed by atoms with Gasteiger partial charge in [0.05, 0.1) is 6.61 Å². The number of hydrogen-bond donors (Lipinski definition) is 0. The molecule has 0 fully saturated rings. The number of hydrogen-bond acceptors (Lipinski definition) is 3. The molecule has 0 N–H and O–H groups in total. The Bertz CT molecular complexity index is 376. The van der Waals surface area contributed by atoms with Crippen LogP contribution in [0.4, 0.5) is 0 Å². The smallest absolute Gasteiger partial charge is 0.162 e. The molecule has 0 unspecified atom stereocenters. The van der Waals surface area contributed by atoms with E-state index in [2.05, 4.69) is 18.7 Å². The van der Waals surface area contributed by atoms with Crippen molar-refractivity contribution in [3.63, 3.8) is 0 Å². The van der Waals surface area contributed by atoms with Gasteiger partial charge in [-0.25, -0.2) is 0 Å². The van der Waals surface area contributed by atoms with Crippen LogP contribution in [0.5, 0.6) is 0 Å². The highest BCUT2D eigenvalue weighted by Crippen LogP contribution is 2.09. The summed E-state index contributed by atoms with van der Waals surface area (Å²) in [4.78, 5) is 0. The Morgan fingerprint density at radius 1 is 1.25 bits per heavy atom. The van der Waals surface area contributed by atoms with Gasteiger partial charge in [0.25, 0.3) is 0 Å². The molecule has 0 aromatic heterocycles. The third-order valence-electron chi connectivity index (χ3n) is 2.89. The van der Waals surface area contributed by atoms with Gasteiger partial charge >= 0.3 is 0 Å². The van der Waals surface area contributed by atoms with E-state index in [1.807, 2.05) is 32.1 Å². The van der Waals surface area contributed by atoms with Crippen LogP contribution < -0.4 is 0 Å². The average Bonchev–Trinajstić information content (AvgIpc) is 2.47. The average molecular weight is 294 g/mol. The summed E-state index contributed by atoms with van der Waals surface area (Å²) in [6.07, 6.45) is 2.72. The Morgan fingerprint density at radius 3 is 2.65 bits per heavy atom. The van der Waals surface area contributed by atoms with E-state index in [0.29, 0.717) is 19.8 Å². The maximum atomic E-state index is 5.82. The van der Waals surface area contributed by atoms with Crippen molar-refractivity contribution in [2.75, 3.05) is 13.2 Å². The molecule has 0 radical (unpaired) electrons. The zero-order valence-corrected chi connectivity index (χ0v) is 14.1. The van der Waals surface area contributed by atoms with Crippen LogP contribution in [0.15, 0.2) is 30.8 Å². The van der Waals surface area contributed by atoms with E-state index in [9.17, 15) is 0 Å². The molecule has 20 heavy (non-hydrogen) atoms. The van der Waals surface area contributed by atoms with Crippen LogP contribution in [0.3, 0.4) is 0 Å². The van der Waals surface area contributed by atoms with Crippen LogP contribution in [0.25, 0.3) is 6.08 Å². The fraction of sp³-hybridized carbons (Fsp3) is 0.500. The Balaban J connectivity index is 2.18. The fourth-order valence-electron chi connectivity index (χ4n) is 1.94. The van der Waals surface area contributed by atoms with Crippen molar-refractivity contribution in [1.29, 1.82) is 0 Å². The van der Waals surface area contributed by atoms with Crippen LogP contribution in [0, 0.1) is 0 Å². The molecule has 3 nitrogen and oxygen atoms in total. The second-order valence-corrected chi connectivity index (χ2v) is 6.01. The first kappa shape index (κ1) is 17.1. The molecule has 1 aromatic carbocycles. The van der Waals surface area contributed by atoms with E-state index in [1.165, 1.54) is 5.56 Å². The van der Waals surface area contributed by atoms with Gasteiger partial charge < -0.3 is 13.9 Å². The zero-order chi connectivity index (χ0) is 14.6. The molecule has 0 aliphatic heterocycles. The molecule has 0 heterocycles. The maximum Gasteiger partial charge on any atom is 0.162 e. The van der Waals surface area contributed by atoms with E-state index in [-0.39, 0.29) is 6.29 Å². The molecule has 0 aliphatic carbocycles. The number of benzene rings is 1. The SMILES string of the molecule is C=Cc1cccc(CO[SiH2]CCC(OCC)OCC)c1. The van der Waals surface area contributed by atoms with Gasteiger partial charge in [0, 0.05) is 13.2 Å². The highest BCUT2D eigenvalue weighted by atomic mass is 28.2. The van der Waals surface area contributed by atoms with Gasteiger partial charge in [0.15, 0.2) is 16.1 Å². The van der Waals surface area contributed by atoms with E-state index >= 15 is 0 Å². The summed E-state index contributed by atoms with van der Waals surface area (Å²) in [6.45, 7) is 9.85. The summed E-state index contributed by atoms with van der Waals surface area (Å²) >= 11 is 0. The number of ether oxygens (including phenoxy) is 2. The lowest BCUT2D eigenvalue weighted by atomic mass is 10.1. The first-order chi connectivity index (χ1) is 9.80. The summed E-state index contributed by atoms with van der Waals surface area (Å²) < 4.78 is 16.8. The van der Waals surface area contributed by atoms with Crippen molar-refractivity contribution in [2.45, 2.75) is 39.2 Å². The third-order valence-corrected chi connectivity index (χ3v) is 4.08. The van der Waals surface area contributed by atoms with Crippen molar-refractivity contribution >= 4 is 15.8 Å². The highest BCUT2D eigenvalue weighted by Gasteiger charge is 2.07. The molecule has 0 aliphatic rings. The normalized spacial score (nSPS) is 11.6. The molecule has 0 bridgehead atoms. The molecule has 1 aromatic rings. The predicted molar refractivity (Wildman–Crippen MR) is 86.3 cm³/mol. The van der Waals surface area contributed by atoms with Gasteiger partial charge in [-0.05, 0) is 43.5 Å². The van der Waals surface area contributed by atoms with E-state index in [4.69, 9.17) is 13.9 Å². The molecule has 0 amide bonds. The lowest BCUT2D eigenvalue weighted by Gasteiger charge is -2.16. The maximum absolute atomic E-state index is 5.82. The Morgan fingerprint density at radius 2 is 2.00 bits per heavy atom. The topological polar surface area (TPSA) is 27.7 Å². The first-order valence-corrected chi connectivity index (χ1v) is 8.90. The van der Waals surface area contributed by atoms with Crippen molar-refractivity contribution < 1.29 is 13.9 Å². The van der Waals surface area contributed by atoms with Gasteiger partial charge in [-0.15, -0.1) is 0 Å². The van der Waals surface area contributed by atoms with Gasteiger partial charge in [-0.3, -0.25) is 0 Å². The lowest BCUT2D eigenvalue weighted by Crippen LogP contribution is -2.18. The lowest BCUT2D eigenvalue weighted by molar-refractivity contribution is -0.137. The molecule has 0 saturated heterocycles. The minimum Gasteiger partial charge on any atom is -0.420 e. The second kappa shape index (κ2) is 10.8. The van der Waals surface area contributed by atoms with Crippen LogP contribution in [-0.2, 0) is 20.5 Å². The van der Waals surface area contributed by atoms with E-state index in [0.717, 1.165) is 18.0 Å². The summed E-state index contributed by atoms with van der Waals surface area (Å²) in [6, 6.07) is 9.36. The molecule has 0 spiro atoms. The molecular formula is C16H26O3Si. The van der Waals surface area contributed by atoms with Gasteiger partial charge in [0.1, 0.15) is 0 Å². The van der Waals surface area contributed by atoms with Gasteiger partial charge in [0.2, 0.25) is 0 Å². The minimum absolute atomic E-state index is 0.0646. The molecule has 0 atom stereocenters. The summed E-state index contributed by atoms with van der Waals surface area (Å²) in [7, 11) is -0.514. The van der Waals surface area contributed by atoms with E-state index in [1.54, 1.807) is 0 Å². The fourth-order valence-corrected chi connectivity index (χ4v) is 3.02. The standard InChI is InChI=1S/C16H26O3Si/c1-4-14-8-7-9-15(12-14)13-19-20-11-10-16(17-5-2)18-6-3/h4,7-9,12,16H,1,5-6,10-11,13,20H2,2-3H3. The molecule has 112 valence electrons. The zero-order valence-electron chi connectivity index (χ0n) is 12.6. The minimum atomic E-state index is -0.514. The van der Waals surface area contributed by atoms with Crippen molar-refractivity contribution in [2.24, 2.45) is 0 Å². The monoisotopic (exact) mass is 294 g/mol. The molecular weight excluding hydrogens is 268 g/mol.